The van der Waals surface area contributed by atoms with E-state index in [2.05, 4.69) is 40.0 Å². The Morgan fingerprint density at radius 2 is 1.69 bits per heavy atom. The van der Waals surface area contributed by atoms with Gasteiger partial charge in [-0.1, -0.05) is 48.5 Å². The van der Waals surface area contributed by atoms with Gasteiger partial charge in [0.25, 0.3) is 0 Å². The van der Waals surface area contributed by atoms with E-state index in [4.69, 9.17) is 9.84 Å². The van der Waals surface area contributed by atoms with Crippen LogP contribution in [0.1, 0.15) is 44.2 Å². The van der Waals surface area contributed by atoms with E-state index in [0.717, 1.165) is 22.3 Å². The van der Waals surface area contributed by atoms with Crippen LogP contribution in [-0.4, -0.2) is 45.5 Å². The summed E-state index contributed by atoms with van der Waals surface area (Å²) in [6.07, 6.45) is 2.15. The number of hydrogen-bond acceptors (Lipinski definition) is 5. The van der Waals surface area contributed by atoms with E-state index in [9.17, 15) is 14.4 Å². The van der Waals surface area contributed by atoms with Crippen LogP contribution in [0.15, 0.2) is 60.9 Å². The highest BCUT2D eigenvalue weighted by Crippen LogP contribution is 2.44. The Balaban J connectivity index is 1.38. The van der Waals surface area contributed by atoms with Gasteiger partial charge in [0.15, 0.2) is 0 Å². The third kappa shape index (κ3) is 5.03. The summed E-state index contributed by atoms with van der Waals surface area (Å²) in [5.74, 6) is -1.43. The molecule has 2 amide bonds. The number of carboxylic acids is 1. The Labute approximate surface area is 203 Å². The third-order valence-electron chi connectivity index (χ3n) is 6.16. The van der Waals surface area contributed by atoms with Crippen molar-refractivity contribution in [2.24, 2.45) is 0 Å². The lowest BCUT2D eigenvalue weighted by atomic mass is 9.98. The lowest BCUT2D eigenvalue weighted by Gasteiger charge is -2.26. The van der Waals surface area contributed by atoms with Crippen molar-refractivity contribution in [2.75, 3.05) is 11.9 Å². The number of benzene rings is 2. The summed E-state index contributed by atoms with van der Waals surface area (Å²) in [5, 5.41) is 18.4. The zero-order valence-electron chi connectivity index (χ0n) is 19.8. The van der Waals surface area contributed by atoms with Crippen molar-refractivity contribution in [1.82, 2.24) is 15.1 Å². The molecule has 0 saturated carbocycles. The predicted molar refractivity (Wildman–Crippen MR) is 130 cm³/mol. The highest BCUT2D eigenvalue weighted by Gasteiger charge is 2.32. The normalized spacial score (nSPS) is 13.5. The third-order valence-corrected chi connectivity index (χ3v) is 6.16. The fourth-order valence-electron chi connectivity index (χ4n) is 4.26. The van der Waals surface area contributed by atoms with Crippen molar-refractivity contribution in [2.45, 2.75) is 44.7 Å². The first-order valence-electron chi connectivity index (χ1n) is 11.4. The SMILES string of the molecule is C[C@H](CC(=O)O)NC(=O)C(C)(C)n1cc(NC(=O)OCC2c3ccccc3-c3ccccc32)cn1. The maximum atomic E-state index is 12.7. The molecule has 35 heavy (non-hydrogen) atoms. The summed E-state index contributed by atoms with van der Waals surface area (Å²) in [5.41, 5.74) is 3.82. The van der Waals surface area contributed by atoms with Gasteiger partial charge in [0.2, 0.25) is 5.91 Å². The highest BCUT2D eigenvalue weighted by molar-refractivity contribution is 5.86. The van der Waals surface area contributed by atoms with Gasteiger partial charge in [-0.15, -0.1) is 0 Å². The van der Waals surface area contributed by atoms with Crippen molar-refractivity contribution < 1.29 is 24.2 Å². The Hall–Kier alpha value is -4.14. The second kappa shape index (κ2) is 9.61. The van der Waals surface area contributed by atoms with E-state index in [-0.39, 0.29) is 24.9 Å². The van der Waals surface area contributed by atoms with Crippen LogP contribution in [0, 0.1) is 0 Å². The summed E-state index contributed by atoms with van der Waals surface area (Å²) in [7, 11) is 0. The number of ether oxygens (including phenoxy) is 1. The molecule has 1 aliphatic carbocycles. The molecule has 1 aliphatic rings. The molecule has 182 valence electrons. The lowest BCUT2D eigenvalue weighted by molar-refractivity contribution is -0.138. The standard InChI is InChI=1S/C26H28N4O5/c1-16(12-23(31)32)28-24(33)26(2,3)30-14-17(13-27-30)29-25(34)35-15-22-20-10-6-4-8-18(20)19-9-5-7-11-21(19)22/h4-11,13-14,16,22H,12,15H2,1-3H3,(H,28,33)(H,29,34)(H,31,32)/t16-/m1/s1. The first-order valence-corrected chi connectivity index (χ1v) is 11.4. The summed E-state index contributed by atoms with van der Waals surface area (Å²) in [4.78, 5) is 36.0. The van der Waals surface area contributed by atoms with Crippen LogP contribution in [0.2, 0.25) is 0 Å². The number of carbonyl (C=O) groups is 3. The first-order chi connectivity index (χ1) is 16.7. The molecule has 0 unspecified atom stereocenters. The number of carboxylic acid groups (broad SMARTS) is 1. The van der Waals surface area contributed by atoms with Gasteiger partial charge in [-0.25, -0.2) is 4.79 Å². The number of fused-ring (bicyclic) bond motifs is 3. The van der Waals surface area contributed by atoms with E-state index in [1.165, 1.54) is 17.1 Å². The molecule has 9 heteroatoms. The molecular formula is C26H28N4O5. The molecule has 2 aromatic carbocycles. The average molecular weight is 477 g/mol. The van der Waals surface area contributed by atoms with Gasteiger partial charge in [-0.2, -0.15) is 5.10 Å². The van der Waals surface area contributed by atoms with Crippen LogP contribution < -0.4 is 10.6 Å². The molecule has 0 radical (unpaired) electrons. The molecule has 1 atom stereocenters. The van der Waals surface area contributed by atoms with Gasteiger partial charge in [0.1, 0.15) is 12.1 Å². The van der Waals surface area contributed by atoms with Crippen LogP contribution in [0.5, 0.6) is 0 Å². The number of carbonyl (C=O) groups excluding carboxylic acids is 2. The van der Waals surface area contributed by atoms with E-state index in [1.807, 2.05) is 24.3 Å². The molecule has 0 saturated heterocycles. The predicted octanol–water partition coefficient (Wildman–Crippen LogP) is 3.96. The number of amides is 2. The maximum absolute atomic E-state index is 12.7. The highest BCUT2D eigenvalue weighted by atomic mass is 16.5. The molecule has 3 aromatic rings. The second-order valence-corrected chi connectivity index (χ2v) is 9.16. The van der Waals surface area contributed by atoms with Gasteiger partial charge in [0.05, 0.1) is 18.3 Å². The van der Waals surface area contributed by atoms with Crippen LogP contribution in [-0.2, 0) is 19.9 Å². The number of aromatic nitrogens is 2. The summed E-state index contributed by atoms with van der Waals surface area (Å²) < 4.78 is 6.97. The zero-order valence-corrected chi connectivity index (χ0v) is 19.8. The van der Waals surface area contributed by atoms with E-state index in [1.54, 1.807) is 20.8 Å². The topological polar surface area (TPSA) is 123 Å². The minimum Gasteiger partial charge on any atom is -0.481 e. The van der Waals surface area contributed by atoms with Crippen LogP contribution in [0.4, 0.5) is 10.5 Å². The zero-order chi connectivity index (χ0) is 25.2. The Morgan fingerprint density at radius 1 is 1.09 bits per heavy atom. The number of anilines is 1. The number of hydrogen-bond donors (Lipinski definition) is 3. The molecule has 0 fully saturated rings. The molecule has 3 N–H and O–H groups in total. The molecular weight excluding hydrogens is 448 g/mol. The Kier molecular flexibility index (Phi) is 6.59. The van der Waals surface area contributed by atoms with E-state index >= 15 is 0 Å². The molecule has 1 aromatic heterocycles. The van der Waals surface area contributed by atoms with Gasteiger partial charge in [-0.3, -0.25) is 19.6 Å². The largest absolute Gasteiger partial charge is 0.481 e. The Morgan fingerprint density at radius 3 is 2.29 bits per heavy atom. The number of nitrogens with one attached hydrogen (secondary N) is 2. The molecule has 4 rings (SSSR count). The van der Waals surface area contributed by atoms with Gasteiger partial charge < -0.3 is 15.2 Å². The minimum atomic E-state index is -1.10. The number of nitrogens with zero attached hydrogens (tertiary/aromatic N) is 2. The van der Waals surface area contributed by atoms with Gasteiger partial charge in [0, 0.05) is 18.2 Å². The van der Waals surface area contributed by atoms with Gasteiger partial charge in [-0.05, 0) is 43.0 Å². The van der Waals surface area contributed by atoms with Crippen molar-refractivity contribution in [3.8, 4) is 11.1 Å². The molecule has 0 aliphatic heterocycles. The molecule has 0 spiro atoms. The molecule has 9 nitrogen and oxygen atoms in total. The fraction of sp³-hybridized carbons (Fsp3) is 0.308. The molecule has 1 heterocycles. The number of rotatable bonds is 8. The van der Waals surface area contributed by atoms with Crippen molar-refractivity contribution >= 4 is 23.7 Å². The molecule has 0 bridgehead atoms. The smallest absolute Gasteiger partial charge is 0.411 e. The van der Waals surface area contributed by atoms with Crippen LogP contribution >= 0.6 is 0 Å². The minimum absolute atomic E-state index is 0.0497. The fourth-order valence-corrected chi connectivity index (χ4v) is 4.26. The summed E-state index contributed by atoms with van der Waals surface area (Å²) in [6.45, 7) is 5.11. The van der Waals surface area contributed by atoms with Crippen molar-refractivity contribution in [3.05, 3.63) is 72.1 Å². The van der Waals surface area contributed by atoms with E-state index in [0.29, 0.717) is 5.69 Å². The van der Waals surface area contributed by atoms with Gasteiger partial charge >= 0.3 is 12.1 Å². The Bertz CT molecular complexity index is 1220. The number of aliphatic carboxylic acids is 1. The van der Waals surface area contributed by atoms with Crippen molar-refractivity contribution in [3.63, 3.8) is 0 Å². The quantitative estimate of drug-likeness (QED) is 0.452. The van der Waals surface area contributed by atoms with Crippen LogP contribution in [0.25, 0.3) is 11.1 Å². The first kappa shape index (κ1) is 24.0. The maximum Gasteiger partial charge on any atom is 0.411 e. The van der Waals surface area contributed by atoms with E-state index < -0.39 is 23.6 Å². The monoisotopic (exact) mass is 476 g/mol. The summed E-state index contributed by atoms with van der Waals surface area (Å²) in [6, 6.07) is 15.7. The van der Waals surface area contributed by atoms with Crippen LogP contribution in [0.3, 0.4) is 0 Å². The summed E-state index contributed by atoms with van der Waals surface area (Å²) >= 11 is 0. The lowest BCUT2D eigenvalue weighted by Crippen LogP contribution is -2.48. The van der Waals surface area contributed by atoms with Crippen molar-refractivity contribution in [1.29, 1.82) is 0 Å². The average Bonchev–Trinajstić information content (AvgIpc) is 3.40. The second-order valence-electron chi connectivity index (χ2n) is 9.16.